The smallest absolute Gasteiger partial charge is 0.0429 e. The summed E-state index contributed by atoms with van der Waals surface area (Å²) in [6, 6.07) is 2.69. The summed E-state index contributed by atoms with van der Waals surface area (Å²) in [5, 5.41) is 0. The Kier molecular flexibility index (Phi) is 0.817. The van der Waals surface area contributed by atoms with Crippen LogP contribution in [0, 0.1) is 0 Å². The van der Waals surface area contributed by atoms with Crippen LogP contribution in [0.1, 0.15) is 34.9 Å². The highest BCUT2D eigenvalue weighted by Crippen LogP contribution is 2.13. The average molecular weight is 207 g/mol. The molecule has 0 aliphatic heterocycles. The molecule has 54 valence electrons. The molecule has 1 aromatic heterocycles. The summed E-state index contributed by atoms with van der Waals surface area (Å²) < 4.78 is 52.0. The second-order valence-corrected chi connectivity index (χ2v) is 2.65. The molecule has 0 radical (unpaired) electrons. The molecule has 1 heterocycles. The zero-order valence-electron chi connectivity index (χ0n) is 12.1. The third-order valence-electron chi connectivity index (χ3n) is 0.984. The fraction of sp³-hybridized carbons (Fsp3) is 0.375. The second kappa shape index (κ2) is 3.15. The number of hydrogen-bond donors (Lipinski definition) is 0. The van der Waals surface area contributed by atoms with E-state index in [1.54, 1.807) is 0 Å². The Hall–Kier alpha value is -0.370. The van der Waals surface area contributed by atoms with Gasteiger partial charge in [0.05, 0.1) is 0 Å². The van der Waals surface area contributed by atoms with Crippen molar-refractivity contribution in [3.63, 3.8) is 0 Å². The molecule has 0 bridgehead atoms. The van der Waals surface area contributed by atoms with Gasteiger partial charge in [0.25, 0.3) is 0 Å². The van der Waals surface area contributed by atoms with Gasteiger partial charge >= 0.3 is 0 Å². The highest BCUT2D eigenvalue weighted by Gasteiger charge is 1.97. The molecule has 2 heteroatoms. The van der Waals surface area contributed by atoms with E-state index in [2.05, 4.69) is 20.9 Å². The number of hydrogen-bond acceptors (Lipinski definition) is 1. The van der Waals surface area contributed by atoms with Gasteiger partial charge in [0.15, 0.2) is 0 Å². The Bertz CT molecular complexity index is 380. The second-order valence-electron chi connectivity index (χ2n) is 1.74. The van der Waals surface area contributed by atoms with Crippen LogP contribution >= 0.6 is 15.9 Å². The molecular formula is C8H10BrN. The molecule has 0 N–H and O–H groups in total. The van der Waals surface area contributed by atoms with E-state index >= 15 is 0 Å². The molecule has 1 nitrogen and oxygen atoms in total. The first kappa shape index (κ1) is 2.59. The highest BCUT2D eigenvalue weighted by atomic mass is 79.9. The summed E-state index contributed by atoms with van der Waals surface area (Å²) in [7, 11) is 0. The number of aromatic nitrogens is 1. The van der Waals surface area contributed by atoms with Crippen LogP contribution in [-0.2, 0) is 0 Å². The molecule has 0 aliphatic carbocycles. The van der Waals surface area contributed by atoms with Crippen molar-refractivity contribution >= 4 is 15.9 Å². The minimum absolute atomic E-state index is 0.291. The van der Waals surface area contributed by atoms with Gasteiger partial charge in [-0.25, -0.2) is 0 Å². The van der Waals surface area contributed by atoms with Gasteiger partial charge in [-0.1, -0.05) is 13.7 Å². The van der Waals surface area contributed by atoms with Crippen LogP contribution in [-0.4, -0.2) is 4.98 Å². The molecule has 0 aliphatic rings. The zero-order valence-corrected chi connectivity index (χ0v) is 6.64. The average Bonchev–Trinajstić information content (AvgIpc) is 2.14. The van der Waals surface area contributed by atoms with Crippen molar-refractivity contribution in [1.29, 1.82) is 0 Å². The fourth-order valence-corrected chi connectivity index (χ4v) is 0.758. The molecule has 0 fully saturated rings. The van der Waals surface area contributed by atoms with Gasteiger partial charge in [-0.3, -0.25) is 4.98 Å². The van der Waals surface area contributed by atoms with Crippen LogP contribution in [0.2, 0.25) is 0 Å². The van der Waals surface area contributed by atoms with Gasteiger partial charge in [0, 0.05) is 26.0 Å². The van der Waals surface area contributed by atoms with Crippen molar-refractivity contribution in [2.24, 2.45) is 0 Å². The van der Waals surface area contributed by atoms with Gasteiger partial charge in [-0.2, -0.15) is 0 Å². The van der Waals surface area contributed by atoms with Gasteiger partial charge in [-0.05, 0) is 34.0 Å². The third-order valence-corrected chi connectivity index (χ3v) is 1.45. The molecular weight excluding hydrogens is 190 g/mol. The Morgan fingerprint density at radius 3 is 3.00 bits per heavy atom. The fourth-order valence-electron chi connectivity index (χ4n) is 0.524. The quantitative estimate of drug-likeness (QED) is 0.689. The summed E-state index contributed by atoms with van der Waals surface area (Å²) in [5.41, 5.74) is -0.291. The van der Waals surface area contributed by atoms with Crippen LogP contribution in [0.5, 0.6) is 0 Å². The van der Waals surface area contributed by atoms with Crippen LogP contribution in [0.25, 0.3) is 0 Å². The maximum atomic E-state index is 7.83. The summed E-state index contributed by atoms with van der Waals surface area (Å²) in [4.78, 5) is 3.73. The van der Waals surface area contributed by atoms with Crippen LogP contribution in [0.4, 0.5) is 0 Å². The molecule has 1 rings (SSSR count). The van der Waals surface area contributed by atoms with Crippen LogP contribution < -0.4 is 0 Å². The lowest BCUT2D eigenvalue weighted by molar-refractivity contribution is 0.822. The molecule has 0 atom stereocenters. The molecule has 0 saturated heterocycles. The van der Waals surface area contributed by atoms with Gasteiger partial charge in [-0.15, -0.1) is 0 Å². The number of pyridine rings is 1. The molecule has 0 spiro atoms. The lowest BCUT2D eigenvalue weighted by atomic mass is 10.1. The summed E-state index contributed by atoms with van der Waals surface area (Å²) in [6.45, 7) is -5.97. The Morgan fingerprint density at radius 2 is 2.50 bits per heavy atom. The van der Waals surface area contributed by atoms with Crippen LogP contribution in [0.3, 0.4) is 0 Å². The minimum Gasteiger partial charge on any atom is -0.260 e. The van der Waals surface area contributed by atoms with E-state index < -0.39 is 19.6 Å². The highest BCUT2D eigenvalue weighted by molar-refractivity contribution is 9.10. The van der Waals surface area contributed by atoms with E-state index in [9.17, 15) is 0 Å². The molecule has 0 aromatic carbocycles. The molecule has 1 aromatic rings. The lowest BCUT2D eigenvalue weighted by Crippen LogP contribution is -1.89. The number of halogens is 1. The topological polar surface area (TPSA) is 12.9 Å². The zero-order chi connectivity index (χ0) is 13.5. The van der Waals surface area contributed by atoms with E-state index in [0.29, 0.717) is 4.47 Å². The van der Waals surface area contributed by atoms with E-state index in [0.717, 1.165) is 0 Å². The van der Waals surface area contributed by atoms with Gasteiger partial charge in [0.1, 0.15) is 0 Å². The first-order chi connectivity index (χ1) is 7.50. The van der Waals surface area contributed by atoms with Gasteiger partial charge in [0.2, 0.25) is 0 Å². The van der Waals surface area contributed by atoms with Crippen molar-refractivity contribution < 1.29 is 9.60 Å². The molecule has 10 heavy (non-hydrogen) atoms. The standard InChI is InChI=1S/C8H10BrN/c1-6(2)8-4-3-7(9)5-10-8/h3-6H,1-2H3/i1D3,2D3,6D. The predicted molar refractivity (Wildman–Crippen MR) is 46.0 cm³/mol. The predicted octanol–water partition coefficient (Wildman–Crippen LogP) is 2.97. The first-order valence-corrected chi connectivity index (χ1v) is 3.41. The van der Waals surface area contributed by atoms with E-state index in [-0.39, 0.29) is 5.69 Å². The van der Waals surface area contributed by atoms with Gasteiger partial charge < -0.3 is 0 Å². The Labute approximate surface area is 79.4 Å². The van der Waals surface area contributed by atoms with Crippen molar-refractivity contribution in [2.75, 3.05) is 0 Å². The molecule has 0 amide bonds. The van der Waals surface area contributed by atoms with Crippen molar-refractivity contribution in [1.82, 2.24) is 4.98 Å². The van der Waals surface area contributed by atoms with E-state index in [4.69, 9.17) is 9.60 Å². The maximum Gasteiger partial charge on any atom is 0.0429 e. The molecule has 0 saturated carbocycles. The normalized spacial score (nSPS) is 24.3. The monoisotopic (exact) mass is 206 g/mol. The minimum atomic E-state index is -2.99. The van der Waals surface area contributed by atoms with E-state index in [1.165, 1.54) is 18.3 Å². The largest absolute Gasteiger partial charge is 0.260 e. The van der Waals surface area contributed by atoms with Crippen LogP contribution in [0.15, 0.2) is 22.8 Å². The van der Waals surface area contributed by atoms with Crippen molar-refractivity contribution in [2.45, 2.75) is 19.6 Å². The Morgan fingerprint density at radius 1 is 1.70 bits per heavy atom. The van der Waals surface area contributed by atoms with Crippen molar-refractivity contribution in [3.8, 4) is 0 Å². The summed E-state index contributed by atoms with van der Waals surface area (Å²) >= 11 is 3.11. The Balaban J connectivity index is 3.41. The third kappa shape index (κ3) is 1.81. The number of nitrogens with zero attached hydrogens (tertiary/aromatic N) is 1. The summed E-state index contributed by atoms with van der Waals surface area (Å²) in [5.74, 6) is -2.72. The summed E-state index contributed by atoms with van der Waals surface area (Å²) in [6.07, 6.45) is 1.27. The van der Waals surface area contributed by atoms with Crippen molar-refractivity contribution in [3.05, 3.63) is 28.5 Å². The molecule has 0 unspecified atom stereocenters. The number of rotatable bonds is 1. The first-order valence-electron chi connectivity index (χ1n) is 6.12. The lowest BCUT2D eigenvalue weighted by Gasteiger charge is -2.01. The van der Waals surface area contributed by atoms with E-state index in [1.807, 2.05) is 0 Å². The maximum absolute atomic E-state index is 7.83. The SMILES string of the molecule is [2H]C([2H])([2H])C([2H])(c1ccc(Br)cn1)C([2H])([2H])[2H].